The van der Waals surface area contributed by atoms with Gasteiger partial charge in [-0.3, -0.25) is 0 Å². The number of hydrogen-bond donors (Lipinski definition) is 2. The Morgan fingerprint density at radius 3 is 2.75 bits per heavy atom. The van der Waals surface area contributed by atoms with Gasteiger partial charge in [0.1, 0.15) is 0 Å². The van der Waals surface area contributed by atoms with Gasteiger partial charge in [0.2, 0.25) is 0 Å². The summed E-state index contributed by atoms with van der Waals surface area (Å²) in [7, 11) is 3.87. The van der Waals surface area contributed by atoms with Crippen LogP contribution >= 0.6 is 15.9 Å². The molecule has 1 aromatic rings. The van der Waals surface area contributed by atoms with Gasteiger partial charge < -0.3 is 15.0 Å². The van der Waals surface area contributed by atoms with E-state index in [0.717, 1.165) is 22.4 Å². The number of aliphatic hydroxyl groups excluding tert-OH is 1. The largest absolute Gasteiger partial charge is 0.392 e. The molecule has 0 atom stereocenters. The topological polar surface area (TPSA) is 37.2 Å². The third-order valence-electron chi connectivity index (χ3n) is 1.86. The molecule has 0 radical (unpaired) electrons. The maximum Gasteiger partial charge on any atom is 0.0902 e. The van der Waals surface area contributed by atoms with Gasteiger partial charge in [-0.25, -0.2) is 0 Å². The molecule has 0 saturated carbocycles. The van der Waals surface area contributed by atoms with Crippen LogP contribution in [-0.2, 0) is 20.2 Å². The van der Waals surface area contributed by atoms with E-state index in [0.29, 0.717) is 0 Å². The third-order valence-corrected chi connectivity index (χ3v) is 2.90. The lowest BCUT2D eigenvalue weighted by Crippen LogP contribution is -2.08. The van der Waals surface area contributed by atoms with E-state index in [1.165, 1.54) is 0 Å². The fraction of sp³-hybridized carbons (Fsp3) is 0.500. The highest BCUT2D eigenvalue weighted by atomic mass is 79.9. The summed E-state index contributed by atoms with van der Waals surface area (Å²) in [6.45, 7) is 0.896. The summed E-state index contributed by atoms with van der Waals surface area (Å²) in [4.78, 5) is 0. The van der Waals surface area contributed by atoms with Gasteiger partial charge in [0.15, 0.2) is 0 Å². The van der Waals surface area contributed by atoms with E-state index < -0.39 is 0 Å². The predicted molar refractivity (Wildman–Crippen MR) is 51.8 cm³/mol. The fourth-order valence-corrected chi connectivity index (χ4v) is 1.63. The molecule has 0 aliphatic heterocycles. The molecule has 68 valence electrons. The summed E-state index contributed by atoms with van der Waals surface area (Å²) in [5.41, 5.74) is 2.09. The van der Waals surface area contributed by atoms with Crippen LogP contribution in [0.3, 0.4) is 0 Å². The Labute approximate surface area is 80.5 Å². The van der Waals surface area contributed by atoms with E-state index in [-0.39, 0.29) is 6.61 Å². The molecule has 0 aromatic carbocycles. The lowest BCUT2D eigenvalue weighted by molar-refractivity contribution is 0.281. The van der Waals surface area contributed by atoms with Crippen LogP contribution in [0, 0.1) is 0 Å². The minimum Gasteiger partial charge on any atom is -0.392 e. The standard InChI is InChI=1S/C8H13BrN2O/c1-10-4-7-3-6(5-12)8(9)11(7)2/h3,10,12H,4-5H2,1-2H3. The van der Waals surface area contributed by atoms with Gasteiger partial charge >= 0.3 is 0 Å². The van der Waals surface area contributed by atoms with Crippen LogP contribution in [0.4, 0.5) is 0 Å². The van der Waals surface area contributed by atoms with Crippen LogP contribution in [0.15, 0.2) is 10.7 Å². The number of nitrogens with one attached hydrogen (secondary N) is 1. The van der Waals surface area contributed by atoms with Crippen LogP contribution < -0.4 is 5.32 Å². The summed E-state index contributed by atoms with van der Waals surface area (Å²) >= 11 is 3.41. The highest BCUT2D eigenvalue weighted by Gasteiger charge is 2.07. The summed E-state index contributed by atoms with van der Waals surface area (Å²) in [5.74, 6) is 0. The molecular weight excluding hydrogens is 220 g/mol. The first-order valence-electron chi connectivity index (χ1n) is 3.79. The van der Waals surface area contributed by atoms with Gasteiger partial charge in [0, 0.05) is 24.8 Å². The zero-order chi connectivity index (χ0) is 9.14. The van der Waals surface area contributed by atoms with Crippen LogP contribution in [0.2, 0.25) is 0 Å². The second kappa shape index (κ2) is 4.07. The molecule has 1 aromatic heterocycles. The molecule has 0 spiro atoms. The number of nitrogens with zero attached hydrogens (tertiary/aromatic N) is 1. The molecule has 0 bridgehead atoms. The number of rotatable bonds is 3. The molecule has 0 unspecified atom stereocenters. The van der Waals surface area contributed by atoms with Crippen LogP contribution in [0.1, 0.15) is 11.3 Å². The smallest absolute Gasteiger partial charge is 0.0902 e. The molecule has 1 heterocycles. The van der Waals surface area contributed by atoms with E-state index in [9.17, 15) is 0 Å². The lowest BCUT2D eigenvalue weighted by Gasteiger charge is -2.02. The van der Waals surface area contributed by atoms with E-state index in [4.69, 9.17) is 5.11 Å². The van der Waals surface area contributed by atoms with Gasteiger partial charge in [-0.15, -0.1) is 0 Å². The monoisotopic (exact) mass is 232 g/mol. The molecule has 4 heteroatoms. The van der Waals surface area contributed by atoms with Crippen LogP contribution in [0.25, 0.3) is 0 Å². The quantitative estimate of drug-likeness (QED) is 0.817. The van der Waals surface area contributed by atoms with Crippen molar-refractivity contribution in [3.63, 3.8) is 0 Å². The van der Waals surface area contributed by atoms with Gasteiger partial charge in [0.05, 0.1) is 11.2 Å². The van der Waals surface area contributed by atoms with Crippen molar-refractivity contribution in [2.75, 3.05) is 7.05 Å². The SMILES string of the molecule is CNCc1cc(CO)c(Br)n1C. The van der Waals surface area contributed by atoms with Crippen molar-refractivity contribution >= 4 is 15.9 Å². The van der Waals surface area contributed by atoms with Crippen molar-refractivity contribution in [1.82, 2.24) is 9.88 Å². The minimum absolute atomic E-state index is 0.0815. The Kier molecular flexibility index (Phi) is 3.31. The Bertz CT molecular complexity index is 270. The molecule has 1 rings (SSSR count). The first-order chi connectivity index (χ1) is 5.70. The summed E-state index contributed by atoms with van der Waals surface area (Å²) in [6, 6.07) is 1.99. The summed E-state index contributed by atoms with van der Waals surface area (Å²) in [5, 5.41) is 12.0. The van der Waals surface area contributed by atoms with Gasteiger partial charge in [-0.1, -0.05) is 0 Å². The summed E-state index contributed by atoms with van der Waals surface area (Å²) < 4.78 is 2.97. The average Bonchev–Trinajstić information content (AvgIpc) is 2.33. The van der Waals surface area contributed by atoms with Gasteiger partial charge in [-0.2, -0.15) is 0 Å². The first kappa shape index (κ1) is 9.77. The Hall–Kier alpha value is -0.320. The fourth-order valence-electron chi connectivity index (χ4n) is 1.16. The zero-order valence-electron chi connectivity index (χ0n) is 7.26. The first-order valence-corrected chi connectivity index (χ1v) is 4.58. The number of halogens is 1. The Morgan fingerprint density at radius 1 is 1.67 bits per heavy atom. The van der Waals surface area contributed by atoms with E-state index in [1.54, 1.807) is 0 Å². The molecule has 0 aliphatic carbocycles. The average molecular weight is 233 g/mol. The number of aliphatic hydroxyl groups is 1. The molecule has 0 fully saturated rings. The Morgan fingerprint density at radius 2 is 2.33 bits per heavy atom. The maximum atomic E-state index is 8.96. The zero-order valence-corrected chi connectivity index (χ0v) is 8.85. The highest BCUT2D eigenvalue weighted by molar-refractivity contribution is 9.10. The Balaban J connectivity index is 2.98. The van der Waals surface area contributed by atoms with E-state index >= 15 is 0 Å². The van der Waals surface area contributed by atoms with Crippen LogP contribution in [-0.4, -0.2) is 16.7 Å². The molecular formula is C8H13BrN2O. The molecule has 0 aliphatic rings. The third kappa shape index (κ3) is 1.71. The highest BCUT2D eigenvalue weighted by Crippen LogP contribution is 2.20. The van der Waals surface area contributed by atoms with Crippen molar-refractivity contribution in [2.24, 2.45) is 7.05 Å². The van der Waals surface area contributed by atoms with Crippen molar-refractivity contribution in [1.29, 1.82) is 0 Å². The van der Waals surface area contributed by atoms with Gasteiger partial charge in [0.25, 0.3) is 0 Å². The van der Waals surface area contributed by atoms with E-state index in [2.05, 4.69) is 21.2 Å². The number of aromatic nitrogens is 1. The van der Waals surface area contributed by atoms with Gasteiger partial charge in [-0.05, 0) is 29.0 Å². The molecule has 0 saturated heterocycles. The normalized spacial score (nSPS) is 10.7. The second-order valence-corrected chi connectivity index (χ2v) is 3.45. The molecule has 2 N–H and O–H groups in total. The second-order valence-electron chi connectivity index (χ2n) is 2.70. The molecule has 0 amide bonds. The summed E-state index contributed by atoms with van der Waals surface area (Å²) in [6.07, 6.45) is 0. The molecule has 3 nitrogen and oxygen atoms in total. The van der Waals surface area contributed by atoms with Crippen LogP contribution in [0.5, 0.6) is 0 Å². The maximum absolute atomic E-state index is 8.96. The van der Waals surface area contributed by atoms with Crippen molar-refractivity contribution in [2.45, 2.75) is 13.2 Å². The van der Waals surface area contributed by atoms with Crippen molar-refractivity contribution in [3.8, 4) is 0 Å². The lowest BCUT2D eigenvalue weighted by atomic mass is 10.3. The molecule has 12 heavy (non-hydrogen) atoms. The minimum atomic E-state index is 0.0815. The van der Waals surface area contributed by atoms with E-state index in [1.807, 2.05) is 24.7 Å². The number of hydrogen-bond acceptors (Lipinski definition) is 2. The predicted octanol–water partition coefficient (Wildman–Crippen LogP) is 0.999. The van der Waals surface area contributed by atoms with Crippen molar-refractivity contribution < 1.29 is 5.11 Å². The van der Waals surface area contributed by atoms with Crippen molar-refractivity contribution in [3.05, 3.63) is 21.9 Å².